The number of aliphatic carboxylic acids is 1. The van der Waals surface area contributed by atoms with Gasteiger partial charge in [-0.1, -0.05) is 42.5 Å². The van der Waals surface area contributed by atoms with Gasteiger partial charge in [-0.2, -0.15) is 13.2 Å². The van der Waals surface area contributed by atoms with E-state index in [2.05, 4.69) is 10.3 Å². The van der Waals surface area contributed by atoms with Crippen LogP contribution in [-0.2, 0) is 9.59 Å². The molecule has 4 aromatic rings. The Kier molecular flexibility index (Phi) is 11.0. The number of aromatic nitrogens is 1. The molecule has 11 nitrogen and oxygen atoms in total. The molecule has 0 saturated carbocycles. The Bertz CT molecular complexity index is 1710. The van der Waals surface area contributed by atoms with Gasteiger partial charge in [0.2, 0.25) is 5.78 Å². The molecule has 0 aliphatic carbocycles. The summed E-state index contributed by atoms with van der Waals surface area (Å²) in [5, 5.41) is 20.2. The maximum Gasteiger partial charge on any atom is 0.490 e. The minimum absolute atomic E-state index is 0.0394. The number of hydrogen-bond acceptors (Lipinski definition) is 8. The van der Waals surface area contributed by atoms with Gasteiger partial charge in [0.25, 0.3) is 5.91 Å². The lowest BCUT2D eigenvalue weighted by molar-refractivity contribution is -0.192. The molecule has 14 heteroatoms. The van der Waals surface area contributed by atoms with Crippen LogP contribution in [0.4, 0.5) is 13.2 Å². The highest BCUT2D eigenvalue weighted by Crippen LogP contribution is 2.35. The SMILES string of the molecule is COc1cc2c(C(=O)O)cnc(C(=O)c3cccc(OCC(=O)N[C@@H](C)c4ccccc4)c3)c2cc1OC.O=C(O)C(F)(F)F. The number of ether oxygens (including phenoxy) is 3. The topological polar surface area (TPSA) is 161 Å². The van der Waals surface area contributed by atoms with E-state index in [0.29, 0.717) is 22.6 Å². The molecule has 4 rings (SSSR count). The first kappa shape index (κ1) is 33.8. The van der Waals surface area contributed by atoms with E-state index >= 15 is 0 Å². The van der Waals surface area contributed by atoms with E-state index in [0.717, 1.165) is 11.8 Å². The van der Waals surface area contributed by atoms with Crippen LogP contribution in [-0.4, -0.2) is 65.8 Å². The van der Waals surface area contributed by atoms with Gasteiger partial charge in [0, 0.05) is 22.5 Å². The molecular weight excluding hydrogens is 601 g/mol. The number of alkyl halides is 3. The van der Waals surface area contributed by atoms with Crippen molar-refractivity contribution >= 4 is 34.4 Å². The number of ketones is 1. The van der Waals surface area contributed by atoms with Crippen LogP contribution >= 0.6 is 0 Å². The van der Waals surface area contributed by atoms with Crippen molar-refractivity contribution in [1.29, 1.82) is 0 Å². The van der Waals surface area contributed by atoms with E-state index in [1.54, 1.807) is 18.2 Å². The molecule has 0 radical (unpaired) electrons. The molecule has 0 aliphatic rings. The molecule has 3 N–H and O–H groups in total. The normalized spacial score (nSPS) is 11.4. The number of carbonyl (C=O) groups excluding carboxylic acids is 2. The van der Waals surface area contributed by atoms with Crippen LogP contribution in [0.15, 0.2) is 72.9 Å². The number of amides is 1. The Morgan fingerprint density at radius 3 is 2.04 bits per heavy atom. The van der Waals surface area contributed by atoms with Crippen LogP contribution < -0.4 is 19.5 Å². The van der Waals surface area contributed by atoms with Crippen molar-refractivity contribution in [2.75, 3.05) is 20.8 Å². The van der Waals surface area contributed by atoms with Crippen molar-refractivity contribution in [3.05, 3.63) is 95.3 Å². The van der Waals surface area contributed by atoms with E-state index in [1.165, 1.54) is 32.4 Å². The summed E-state index contributed by atoms with van der Waals surface area (Å²) in [5.74, 6) is -3.74. The maximum atomic E-state index is 13.5. The highest BCUT2D eigenvalue weighted by atomic mass is 19.4. The molecule has 0 unspecified atom stereocenters. The van der Waals surface area contributed by atoms with Crippen molar-refractivity contribution in [1.82, 2.24) is 10.3 Å². The van der Waals surface area contributed by atoms with Gasteiger partial charge in [0.1, 0.15) is 11.4 Å². The fourth-order valence-electron chi connectivity index (χ4n) is 4.04. The molecule has 1 amide bonds. The average Bonchev–Trinajstić information content (AvgIpc) is 3.02. The number of fused-ring (bicyclic) bond motifs is 1. The fourth-order valence-corrected chi connectivity index (χ4v) is 4.04. The quantitative estimate of drug-likeness (QED) is 0.202. The summed E-state index contributed by atoms with van der Waals surface area (Å²) in [4.78, 5) is 50.7. The van der Waals surface area contributed by atoms with Gasteiger partial charge < -0.3 is 29.7 Å². The lowest BCUT2D eigenvalue weighted by Gasteiger charge is -2.15. The first-order valence-electron chi connectivity index (χ1n) is 13.0. The van der Waals surface area contributed by atoms with Crippen molar-refractivity contribution in [3.63, 3.8) is 0 Å². The third kappa shape index (κ3) is 8.69. The Labute approximate surface area is 254 Å². The van der Waals surface area contributed by atoms with E-state index in [-0.39, 0.29) is 40.8 Å². The smallest absolute Gasteiger partial charge is 0.490 e. The Hall–Kier alpha value is -5.66. The summed E-state index contributed by atoms with van der Waals surface area (Å²) in [6.45, 7) is 1.64. The number of nitrogens with one attached hydrogen (secondary N) is 1. The molecule has 1 heterocycles. The second-order valence-corrected chi connectivity index (χ2v) is 9.23. The fraction of sp³-hybridized carbons (Fsp3) is 0.194. The maximum absolute atomic E-state index is 13.5. The predicted octanol–water partition coefficient (Wildman–Crippen LogP) is 5.07. The minimum Gasteiger partial charge on any atom is -0.493 e. The molecule has 0 aliphatic heterocycles. The second-order valence-electron chi connectivity index (χ2n) is 9.23. The number of hydrogen-bond donors (Lipinski definition) is 3. The zero-order valence-corrected chi connectivity index (χ0v) is 24.0. The number of carbonyl (C=O) groups is 4. The molecule has 0 fully saturated rings. The molecule has 0 bridgehead atoms. The monoisotopic (exact) mass is 628 g/mol. The van der Waals surface area contributed by atoms with E-state index < -0.39 is 23.9 Å². The highest BCUT2D eigenvalue weighted by molar-refractivity contribution is 6.18. The summed E-state index contributed by atoms with van der Waals surface area (Å²) in [7, 11) is 2.88. The standard InChI is InChI=1S/C29H26N2O7.C2HF3O2/c1-17(18-8-5-4-6-9-18)31-26(32)16-38-20-11-7-10-19(12-20)28(33)27-22-14-25(37-3)24(36-2)13-21(22)23(15-30-27)29(34)35;3-2(4,5)1(6)7/h4-15,17H,16H2,1-3H3,(H,31,32)(H,34,35);(H,6,7)/t17-;/m0./s1. The number of pyridine rings is 1. The largest absolute Gasteiger partial charge is 0.493 e. The molecule has 0 saturated heterocycles. The van der Waals surface area contributed by atoms with Gasteiger partial charge in [-0.15, -0.1) is 0 Å². The van der Waals surface area contributed by atoms with E-state index in [1.807, 2.05) is 37.3 Å². The van der Waals surface area contributed by atoms with Gasteiger partial charge in [-0.05, 0) is 36.8 Å². The average molecular weight is 629 g/mol. The summed E-state index contributed by atoms with van der Waals surface area (Å²) in [6.07, 6.45) is -3.94. The van der Waals surface area contributed by atoms with Crippen LogP contribution in [0, 0.1) is 0 Å². The van der Waals surface area contributed by atoms with Crippen LogP contribution in [0.5, 0.6) is 17.2 Å². The first-order valence-corrected chi connectivity index (χ1v) is 13.0. The number of halogens is 3. The third-order valence-electron chi connectivity index (χ3n) is 6.22. The number of benzene rings is 3. The van der Waals surface area contributed by atoms with Gasteiger partial charge in [-0.25, -0.2) is 9.59 Å². The summed E-state index contributed by atoms with van der Waals surface area (Å²) >= 11 is 0. The number of methoxy groups -OCH3 is 2. The Morgan fingerprint density at radius 2 is 1.49 bits per heavy atom. The van der Waals surface area contributed by atoms with Gasteiger partial charge >= 0.3 is 18.1 Å². The first-order chi connectivity index (χ1) is 21.3. The zero-order chi connectivity index (χ0) is 33.3. The molecule has 0 spiro atoms. The summed E-state index contributed by atoms with van der Waals surface area (Å²) in [5.41, 5.74) is 1.19. The number of aromatic carboxylic acids is 1. The van der Waals surface area contributed by atoms with Crippen molar-refractivity contribution < 1.29 is 56.8 Å². The second kappa shape index (κ2) is 14.7. The molecular formula is C31H27F3N2O9. The van der Waals surface area contributed by atoms with Crippen LogP contribution in [0.25, 0.3) is 10.8 Å². The Balaban J connectivity index is 0.000000707. The number of rotatable bonds is 10. The number of nitrogens with zero attached hydrogens (tertiary/aromatic N) is 1. The molecule has 236 valence electrons. The summed E-state index contributed by atoms with van der Waals surface area (Å²) in [6, 6.07) is 18.8. The minimum atomic E-state index is -5.08. The zero-order valence-electron chi connectivity index (χ0n) is 24.0. The van der Waals surface area contributed by atoms with E-state index in [4.69, 9.17) is 24.1 Å². The summed E-state index contributed by atoms with van der Waals surface area (Å²) < 4.78 is 48.0. The Morgan fingerprint density at radius 1 is 0.889 bits per heavy atom. The van der Waals surface area contributed by atoms with Crippen molar-refractivity contribution in [2.24, 2.45) is 0 Å². The molecule has 45 heavy (non-hydrogen) atoms. The van der Waals surface area contributed by atoms with Crippen LogP contribution in [0.1, 0.15) is 44.9 Å². The van der Waals surface area contributed by atoms with Crippen LogP contribution in [0.3, 0.4) is 0 Å². The lowest BCUT2D eigenvalue weighted by Crippen LogP contribution is -2.31. The van der Waals surface area contributed by atoms with Crippen molar-refractivity contribution in [3.8, 4) is 17.2 Å². The predicted molar refractivity (Wildman–Crippen MR) is 154 cm³/mol. The number of carboxylic acid groups (broad SMARTS) is 2. The van der Waals surface area contributed by atoms with Gasteiger partial charge in [0.05, 0.1) is 25.8 Å². The lowest BCUT2D eigenvalue weighted by atomic mass is 9.99. The molecule has 1 atom stereocenters. The van der Waals surface area contributed by atoms with Crippen LogP contribution in [0.2, 0.25) is 0 Å². The van der Waals surface area contributed by atoms with E-state index in [9.17, 15) is 32.7 Å². The highest BCUT2D eigenvalue weighted by Gasteiger charge is 2.38. The van der Waals surface area contributed by atoms with Gasteiger partial charge in [-0.3, -0.25) is 14.6 Å². The molecule has 1 aromatic heterocycles. The van der Waals surface area contributed by atoms with Gasteiger partial charge in [0.15, 0.2) is 18.1 Å². The third-order valence-corrected chi connectivity index (χ3v) is 6.22. The van der Waals surface area contributed by atoms with Crippen molar-refractivity contribution in [2.45, 2.75) is 19.1 Å². The number of carboxylic acids is 2. The molecule has 3 aromatic carbocycles.